The molecular weight excluding hydrogens is 371 g/mol. The number of carbonyl (C=O) groups is 2. The number of carboxylic acid groups (broad SMARTS) is 1. The van der Waals surface area contributed by atoms with Crippen molar-refractivity contribution in [2.75, 3.05) is 18.9 Å². The molecule has 1 unspecified atom stereocenters. The van der Waals surface area contributed by atoms with Crippen molar-refractivity contribution in [1.82, 2.24) is 4.90 Å². The van der Waals surface area contributed by atoms with Crippen molar-refractivity contribution in [2.45, 2.75) is 6.92 Å². The minimum Gasteiger partial charge on any atom is -0.481 e. The van der Waals surface area contributed by atoms with Gasteiger partial charge >= 0.3 is 12.0 Å². The van der Waals surface area contributed by atoms with Crippen molar-refractivity contribution >= 4 is 56.8 Å². The molecule has 0 aliphatic heterocycles. The van der Waals surface area contributed by atoms with Gasteiger partial charge in [-0.05, 0) is 28.1 Å². The molecule has 20 heavy (non-hydrogen) atoms. The molecule has 1 aromatic rings. The predicted octanol–water partition coefficient (Wildman–Crippen LogP) is 3.94. The maximum absolute atomic E-state index is 11.9. The summed E-state index contributed by atoms with van der Waals surface area (Å²) in [5.41, 5.74) is 0.361. The number of benzene rings is 1. The van der Waals surface area contributed by atoms with E-state index in [9.17, 15) is 9.59 Å². The number of carbonyl (C=O) groups excluding carboxylic acids is 1. The van der Waals surface area contributed by atoms with E-state index in [2.05, 4.69) is 21.2 Å². The van der Waals surface area contributed by atoms with Gasteiger partial charge in [0.2, 0.25) is 0 Å². The molecule has 1 rings (SSSR count). The van der Waals surface area contributed by atoms with Crippen molar-refractivity contribution in [3.8, 4) is 0 Å². The summed E-state index contributed by atoms with van der Waals surface area (Å²) in [6.45, 7) is 1.61. The van der Waals surface area contributed by atoms with Gasteiger partial charge in [-0.15, -0.1) is 0 Å². The highest BCUT2D eigenvalue weighted by atomic mass is 79.9. The Morgan fingerprint density at radius 2 is 2.00 bits per heavy atom. The molecule has 110 valence electrons. The van der Waals surface area contributed by atoms with Crippen LogP contribution in [0.1, 0.15) is 6.92 Å². The second-order valence-corrected chi connectivity index (χ2v) is 5.88. The van der Waals surface area contributed by atoms with E-state index in [0.29, 0.717) is 15.2 Å². The van der Waals surface area contributed by atoms with Crippen LogP contribution in [0.15, 0.2) is 16.6 Å². The minimum absolute atomic E-state index is 0.0864. The molecule has 0 fully saturated rings. The number of nitrogens with one attached hydrogen (secondary N) is 1. The highest BCUT2D eigenvalue weighted by molar-refractivity contribution is 9.10. The maximum Gasteiger partial charge on any atom is 0.321 e. The van der Waals surface area contributed by atoms with Gasteiger partial charge in [-0.25, -0.2) is 4.79 Å². The smallest absolute Gasteiger partial charge is 0.321 e. The first kappa shape index (κ1) is 17.1. The van der Waals surface area contributed by atoms with Gasteiger partial charge in [0.15, 0.2) is 0 Å². The lowest BCUT2D eigenvalue weighted by molar-refractivity contribution is -0.141. The van der Waals surface area contributed by atoms with E-state index >= 15 is 0 Å². The molecule has 2 amide bonds. The van der Waals surface area contributed by atoms with Crippen molar-refractivity contribution < 1.29 is 14.7 Å². The minimum atomic E-state index is -0.964. The zero-order chi connectivity index (χ0) is 15.4. The molecule has 0 aliphatic carbocycles. The van der Waals surface area contributed by atoms with Crippen LogP contribution in [0.4, 0.5) is 10.5 Å². The highest BCUT2D eigenvalue weighted by Gasteiger charge is 2.18. The Bertz CT molecular complexity index is 540. The monoisotopic (exact) mass is 382 g/mol. The SMILES string of the molecule is CC(CN(C)C(=O)Nc1ccc(Br)c(Cl)c1Cl)C(=O)O. The molecule has 0 spiro atoms. The number of amides is 2. The molecule has 5 nitrogen and oxygen atoms in total. The summed E-state index contributed by atoms with van der Waals surface area (Å²) in [5.74, 6) is -1.62. The number of hydrogen-bond donors (Lipinski definition) is 2. The number of nitrogens with zero attached hydrogens (tertiary/aromatic N) is 1. The van der Waals surface area contributed by atoms with Crippen LogP contribution in [0.3, 0.4) is 0 Å². The Morgan fingerprint density at radius 1 is 1.40 bits per heavy atom. The lowest BCUT2D eigenvalue weighted by Gasteiger charge is -2.20. The summed E-state index contributed by atoms with van der Waals surface area (Å²) in [5, 5.41) is 11.9. The van der Waals surface area contributed by atoms with Crippen LogP contribution in [0.5, 0.6) is 0 Å². The van der Waals surface area contributed by atoms with Crippen LogP contribution < -0.4 is 5.32 Å². The maximum atomic E-state index is 11.9. The van der Waals surface area contributed by atoms with E-state index in [1.807, 2.05) is 0 Å². The molecular formula is C12H13BrCl2N2O3. The van der Waals surface area contributed by atoms with E-state index in [4.69, 9.17) is 28.3 Å². The van der Waals surface area contributed by atoms with Crippen molar-refractivity contribution in [3.05, 3.63) is 26.7 Å². The molecule has 8 heteroatoms. The van der Waals surface area contributed by atoms with Crippen LogP contribution in [0.2, 0.25) is 10.0 Å². The summed E-state index contributed by atoms with van der Waals surface area (Å²) in [6.07, 6.45) is 0. The van der Waals surface area contributed by atoms with Gasteiger partial charge in [-0.1, -0.05) is 30.1 Å². The van der Waals surface area contributed by atoms with E-state index in [-0.39, 0.29) is 11.6 Å². The third-order valence-corrected chi connectivity index (χ3v) is 4.36. The molecule has 0 radical (unpaired) electrons. The molecule has 0 saturated carbocycles. The summed E-state index contributed by atoms with van der Waals surface area (Å²) >= 11 is 15.2. The summed E-state index contributed by atoms with van der Waals surface area (Å²) in [7, 11) is 1.50. The Labute approximate surface area is 135 Å². The van der Waals surface area contributed by atoms with Gasteiger partial charge in [-0.3, -0.25) is 4.79 Å². The van der Waals surface area contributed by atoms with Crippen molar-refractivity contribution in [2.24, 2.45) is 5.92 Å². The van der Waals surface area contributed by atoms with Gasteiger partial charge < -0.3 is 15.3 Å². The third kappa shape index (κ3) is 4.26. The molecule has 2 N–H and O–H groups in total. The largest absolute Gasteiger partial charge is 0.481 e. The third-order valence-electron chi connectivity index (χ3n) is 2.59. The number of halogens is 3. The summed E-state index contributed by atoms with van der Waals surface area (Å²) in [4.78, 5) is 23.9. The molecule has 0 heterocycles. The van der Waals surface area contributed by atoms with Crippen LogP contribution in [-0.4, -0.2) is 35.6 Å². The van der Waals surface area contributed by atoms with Gasteiger partial charge in [-0.2, -0.15) is 0 Å². The van der Waals surface area contributed by atoms with Gasteiger partial charge in [0, 0.05) is 18.1 Å². The van der Waals surface area contributed by atoms with Gasteiger partial charge in [0.25, 0.3) is 0 Å². The summed E-state index contributed by atoms with van der Waals surface area (Å²) in [6, 6.07) is 2.80. The topological polar surface area (TPSA) is 69.6 Å². The Balaban J connectivity index is 2.76. The molecule has 0 aromatic heterocycles. The van der Waals surface area contributed by atoms with Gasteiger partial charge in [0.05, 0.1) is 21.7 Å². The second kappa shape index (κ2) is 7.15. The fourth-order valence-electron chi connectivity index (χ4n) is 1.40. The van der Waals surface area contributed by atoms with E-state index in [0.717, 1.165) is 0 Å². The second-order valence-electron chi connectivity index (χ2n) is 4.27. The Hall–Kier alpha value is -0.980. The van der Waals surface area contributed by atoms with Gasteiger partial charge in [0.1, 0.15) is 0 Å². The molecule has 0 saturated heterocycles. The van der Waals surface area contributed by atoms with E-state index in [1.54, 1.807) is 12.1 Å². The van der Waals surface area contributed by atoms with Crippen LogP contribution >= 0.6 is 39.1 Å². The fraction of sp³-hybridized carbons (Fsp3) is 0.333. The standard InChI is InChI=1S/C12H13BrCl2N2O3/c1-6(11(18)19)5-17(2)12(20)16-8-4-3-7(13)9(14)10(8)15/h3-4,6H,5H2,1-2H3,(H,16,20)(H,18,19). The Morgan fingerprint density at radius 3 is 2.55 bits per heavy atom. The first-order valence-electron chi connectivity index (χ1n) is 5.62. The average Bonchev–Trinajstić information content (AvgIpc) is 2.39. The number of carboxylic acids is 1. The molecule has 1 atom stereocenters. The van der Waals surface area contributed by atoms with Crippen LogP contribution in [-0.2, 0) is 4.79 Å². The van der Waals surface area contributed by atoms with Crippen molar-refractivity contribution in [3.63, 3.8) is 0 Å². The lowest BCUT2D eigenvalue weighted by atomic mass is 10.2. The Kier molecular flexibility index (Phi) is 6.10. The number of aliphatic carboxylic acids is 1. The first-order valence-corrected chi connectivity index (χ1v) is 7.17. The predicted molar refractivity (Wildman–Crippen MR) is 82.6 cm³/mol. The lowest BCUT2D eigenvalue weighted by Crippen LogP contribution is -2.36. The van der Waals surface area contributed by atoms with Crippen LogP contribution in [0.25, 0.3) is 0 Å². The summed E-state index contributed by atoms with van der Waals surface area (Å²) < 4.78 is 0.620. The number of anilines is 1. The number of hydrogen-bond acceptors (Lipinski definition) is 2. The van der Waals surface area contributed by atoms with E-state index < -0.39 is 17.9 Å². The normalized spacial score (nSPS) is 11.8. The zero-order valence-corrected chi connectivity index (χ0v) is 13.9. The molecule has 1 aromatic carbocycles. The zero-order valence-electron chi connectivity index (χ0n) is 10.8. The highest BCUT2D eigenvalue weighted by Crippen LogP contribution is 2.35. The quantitative estimate of drug-likeness (QED) is 0.773. The van der Waals surface area contributed by atoms with Crippen LogP contribution in [0, 0.1) is 5.92 Å². The first-order chi connectivity index (χ1) is 9.23. The van der Waals surface area contributed by atoms with Crippen molar-refractivity contribution in [1.29, 1.82) is 0 Å². The fourth-order valence-corrected chi connectivity index (χ4v) is 2.23. The number of urea groups is 1. The van der Waals surface area contributed by atoms with E-state index in [1.165, 1.54) is 18.9 Å². The molecule has 0 bridgehead atoms. The average molecular weight is 384 g/mol. The number of rotatable bonds is 4. The molecule has 0 aliphatic rings.